The van der Waals surface area contributed by atoms with Crippen molar-refractivity contribution >= 4 is 17.4 Å². The molecule has 0 saturated carbocycles. The van der Waals surface area contributed by atoms with Crippen LogP contribution in [0.5, 0.6) is 11.5 Å². The number of benzene rings is 2. The second-order valence-corrected chi connectivity index (χ2v) is 7.92. The summed E-state index contributed by atoms with van der Waals surface area (Å²) in [5, 5.41) is 6.33. The zero-order chi connectivity index (χ0) is 22.7. The lowest BCUT2D eigenvalue weighted by atomic mass is 9.75. The summed E-state index contributed by atoms with van der Waals surface area (Å²) >= 11 is 0. The number of para-hydroxylation sites is 2. The summed E-state index contributed by atoms with van der Waals surface area (Å²) in [6.45, 7) is 4.40. The van der Waals surface area contributed by atoms with E-state index >= 15 is 0 Å². The summed E-state index contributed by atoms with van der Waals surface area (Å²) in [7, 11) is 1.57. The number of hydrogen-bond donors (Lipinski definition) is 2. The Morgan fingerprint density at radius 1 is 1.12 bits per heavy atom. The number of Topliss-reactive ketones (excluding diaryl/α,β-unsaturated/α-hetero) is 1. The molecule has 1 aliphatic heterocycles. The van der Waals surface area contributed by atoms with Crippen LogP contribution < -0.4 is 20.1 Å². The van der Waals surface area contributed by atoms with Crippen LogP contribution in [0.1, 0.15) is 44.6 Å². The van der Waals surface area contributed by atoms with Crippen LogP contribution in [-0.2, 0) is 9.59 Å². The van der Waals surface area contributed by atoms with Crippen molar-refractivity contribution in [2.24, 2.45) is 0 Å². The van der Waals surface area contributed by atoms with E-state index in [2.05, 4.69) is 10.6 Å². The number of ether oxygens (including phenoxy) is 2. The number of carbonyl (C=O) groups is 2. The molecule has 0 spiro atoms. The summed E-state index contributed by atoms with van der Waals surface area (Å²) in [6, 6.07) is 14.9. The predicted octanol–water partition coefficient (Wildman–Crippen LogP) is 4.70. The molecule has 166 valence electrons. The largest absolute Gasteiger partial charge is 0.495 e. The Bertz CT molecular complexity index is 1100. The van der Waals surface area contributed by atoms with Gasteiger partial charge >= 0.3 is 0 Å². The number of anilines is 1. The Morgan fingerprint density at radius 3 is 2.59 bits per heavy atom. The Balaban J connectivity index is 1.76. The minimum Gasteiger partial charge on any atom is -0.495 e. The summed E-state index contributed by atoms with van der Waals surface area (Å²) in [5.41, 5.74) is 4.38. The lowest BCUT2D eigenvalue weighted by molar-refractivity contribution is -0.116. The first-order valence-corrected chi connectivity index (χ1v) is 10.9. The van der Waals surface area contributed by atoms with E-state index in [0.29, 0.717) is 35.6 Å². The number of methoxy groups -OCH3 is 1. The first kappa shape index (κ1) is 21.7. The molecule has 2 N–H and O–H groups in total. The molecule has 2 aliphatic rings. The number of allylic oxidation sites excluding steroid dienone is 3. The van der Waals surface area contributed by atoms with Crippen molar-refractivity contribution in [2.45, 2.75) is 39.0 Å². The molecular formula is C26H28N2O4. The molecule has 6 heteroatoms. The van der Waals surface area contributed by atoms with Crippen molar-refractivity contribution in [3.8, 4) is 11.5 Å². The van der Waals surface area contributed by atoms with Gasteiger partial charge in [-0.3, -0.25) is 9.59 Å². The van der Waals surface area contributed by atoms with Crippen molar-refractivity contribution in [3.05, 3.63) is 76.6 Å². The Morgan fingerprint density at radius 2 is 1.88 bits per heavy atom. The number of amides is 1. The van der Waals surface area contributed by atoms with E-state index in [-0.39, 0.29) is 11.7 Å². The van der Waals surface area contributed by atoms with Gasteiger partial charge in [0.05, 0.1) is 19.4 Å². The molecule has 0 fully saturated rings. The van der Waals surface area contributed by atoms with Gasteiger partial charge in [0, 0.05) is 34.9 Å². The lowest BCUT2D eigenvalue weighted by Crippen LogP contribution is -2.35. The van der Waals surface area contributed by atoms with Crippen molar-refractivity contribution in [1.82, 2.24) is 5.32 Å². The highest BCUT2D eigenvalue weighted by Crippen LogP contribution is 2.43. The predicted molar refractivity (Wildman–Crippen MR) is 124 cm³/mol. The minimum atomic E-state index is -0.440. The van der Waals surface area contributed by atoms with Gasteiger partial charge in [0.15, 0.2) is 5.78 Å². The topological polar surface area (TPSA) is 76.7 Å². The number of carbonyl (C=O) groups excluding carboxylic acids is 2. The Labute approximate surface area is 188 Å². The van der Waals surface area contributed by atoms with E-state index in [1.165, 1.54) is 0 Å². The maximum absolute atomic E-state index is 13.6. The van der Waals surface area contributed by atoms with Crippen LogP contribution in [0.4, 0.5) is 5.69 Å². The second-order valence-electron chi connectivity index (χ2n) is 7.92. The van der Waals surface area contributed by atoms with Gasteiger partial charge in [-0.1, -0.05) is 24.3 Å². The van der Waals surface area contributed by atoms with Gasteiger partial charge in [0.2, 0.25) is 0 Å². The molecule has 0 aromatic heterocycles. The first-order valence-electron chi connectivity index (χ1n) is 10.9. The molecule has 32 heavy (non-hydrogen) atoms. The smallest absolute Gasteiger partial charge is 0.254 e. The lowest BCUT2D eigenvalue weighted by Gasteiger charge is -2.34. The number of dihydropyridines is 1. The molecule has 1 amide bonds. The van der Waals surface area contributed by atoms with Crippen LogP contribution in [0.25, 0.3) is 0 Å². The molecule has 1 unspecified atom stereocenters. The first-order chi connectivity index (χ1) is 15.5. The van der Waals surface area contributed by atoms with E-state index in [4.69, 9.17) is 9.47 Å². The van der Waals surface area contributed by atoms with Gasteiger partial charge in [-0.25, -0.2) is 0 Å². The maximum Gasteiger partial charge on any atom is 0.254 e. The second kappa shape index (κ2) is 9.30. The molecule has 2 aromatic carbocycles. The fourth-order valence-electron chi connectivity index (χ4n) is 4.48. The molecule has 1 aliphatic carbocycles. The van der Waals surface area contributed by atoms with E-state index in [0.717, 1.165) is 35.5 Å². The Kier molecular flexibility index (Phi) is 6.30. The molecule has 4 rings (SSSR count). The Hall–Kier alpha value is -3.54. The average Bonchev–Trinajstić information content (AvgIpc) is 2.79. The SMILES string of the molecule is CCOc1ccc(C2C(C(=O)Nc3ccccc3OC)=C(C)NC3=C2C(=O)CCC3)cc1. The van der Waals surface area contributed by atoms with Crippen LogP contribution in [0.3, 0.4) is 0 Å². The number of rotatable bonds is 6. The molecule has 1 heterocycles. The van der Waals surface area contributed by atoms with Crippen LogP contribution in [-0.4, -0.2) is 25.4 Å². The van der Waals surface area contributed by atoms with Gasteiger partial charge in [0.25, 0.3) is 5.91 Å². The van der Waals surface area contributed by atoms with Crippen LogP contribution in [0, 0.1) is 0 Å². The van der Waals surface area contributed by atoms with Gasteiger partial charge < -0.3 is 20.1 Å². The third-order valence-corrected chi connectivity index (χ3v) is 5.90. The van der Waals surface area contributed by atoms with E-state index in [1.54, 1.807) is 19.2 Å². The van der Waals surface area contributed by atoms with Crippen molar-refractivity contribution in [1.29, 1.82) is 0 Å². The summed E-state index contributed by atoms with van der Waals surface area (Å²) < 4.78 is 11.0. The number of ketones is 1. The standard InChI is InChI=1S/C26H28N2O4/c1-4-32-18-14-12-17(13-15-18)24-23(16(2)27-20-9-7-10-21(29)25(20)24)26(30)28-19-8-5-6-11-22(19)31-3/h5-6,8,11-15,24,27H,4,7,9-10H2,1-3H3,(H,28,30). The van der Waals surface area contributed by atoms with Gasteiger partial charge in [-0.05, 0) is 56.5 Å². The quantitative estimate of drug-likeness (QED) is 0.692. The molecule has 0 radical (unpaired) electrons. The average molecular weight is 433 g/mol. The normalized spacial score (nSPS) is 18.1. The van der Waals surface area contributed by atoms with Gasteiger partial charge in [-0.15, -0.1) is 0 Å². The zero-order valence-corrected chi connectivity index (χ0v) is 18.7. The monoisotopic (exact) mass is 432 g/mol. The minimum absolute atomic E-state index is 0.0905. The molecule has 6 nitrogen and oxygen atoms in total. The van der Waals surface area contributed by atoms with Crippen molar-refractivity contribution in [2.75, 3.05) is 19.0 Å². The fourth-order valence-corrected chi connectivity index (χ4v) is 4.48. The highest BCUT2D eigenvalue weighted by Gasteiger charge is 2.38. The third kappa shape index (κ3) is 4.13. The summed E-state index contributed by atoms with van der Waals surface area (Å²) in [4.78, 5) is 26.6. The molecule has 0 saturated heterocycles. The van der Waals surface area contributed by atoms with Crippen LogP contribution in [0.15, 0.2) is 71.1 Å². The van der Waals surface area contributed by atoms with Gasteiger partial charge in [0.1, 0.15) is 11.5 Å². The zero-order valence-electron chi connectivity index (χ0n) is 18.7. The molecule has 2 aromatic rings. The van der Waals surface area contributed by atoms with Crippen LogP contribution in [0.2, 0.25) is 0 Å². The van der Waals surface area contributed by atoms with E-state index < -0.39 is 5.92 Å². The molecule has 0 bridgehead atoms. The molecular weight excluding hydrogens is 404 g/mol. The van der Waals surface area contributed by atoms with Crippen LogP contribution >= 0.6 is 0 Å². The third-order valence-electron chi connectivity index (χ3n) is 5.90. The fraction of sp³-hybridized carbons (Fsp3) is 0.308. The van der Waals surface area contributed by atoms with E-state index in [9.17, 15) is 9.59 Å². The van der Waals surface area contributed by atoms with Crippen molar-refractivity contribution < 1.29 is 19.1 Å². The highest BCUT2D eigenvalue weighted by atomic mass is 16.5. The number of hydrogen-bond acceptors (Lipinski definition) is 5. The van der Waals surface area contributed by atoms with Gasteiger partial charge in [-0.2, -0.15) is 0 Å². The molecule has 1 atom stereocenters. The summed E-state index contributed by atoms with van der Waals surface area (Å²) in [6.07, 6.45) is 2.11. The highest BCUT2D eigenvalue weighted by molar-refractivity contribution is 6.10. The maximum atomic E-state index is 13.6. The van der Waals surface area contributed by atoms with Crippen molar-refractivity contribution in [3.63, 3.8) is 0 Å². The summed E-state index contributed by atoms with van der Waals surface area (Å²) in [5.74, 6) is 0.727. The number of nitrogens with one attached hydrogen (secondary N) is 2. The van der Waals surface area contributed by atoms with E-state index in [1.807, 2.05) is 50.2 Å².